The van der Waals surface area contributed by atoms with E-state index in [0.717, 1.165) is 88.9 Å². The SMILES string of the molecule is [2H]C([2H])([2H])c1cccc(C([2H])([2H])[2H])c1-c1ccc2c(c1)-c1cccc(-c3cc(C(C)(C)C)cc(C(C)(C)C)c3)c1-[n+]1[c-]n(-c3[c-]c(Oc4[c-]c5c(cc4)c4ccccc4n5-c4cc(C(C)(C)C)ccn4)ccc3)c3cccc(c31)-c1ccccc1-2.[Pt]. The first-order chi connectivity index (χ1) is 40.3. The van der Waals surface area contributed by atoms with Crippen LogP contribution in [0.5, 0.6) is 11.5 Å². The van der Waals surface area contributed by atoms with Gasteiger partial charge in [-0.05, 0) is 149 Å². The molecule has 0 aliphatic carbocycles. The largest absolute Gasteiger partial charge is 0.510 e. The Morgan fingerprint density at radius 3 is 1.84 bits per heavy atom. The average molecular weight is 1230 g/mol. The molecule has 80 heavy (non-hydrogen) atoms. The van der Waals surface area contributed by atoms with E-state index in [9.17, 15) is 0 Å². The van der Waals surface area contributed by atoms with Crippen molar-refractivity contribution < 1.29 is 38.6 Å². The molecule has 9 aromatic carbocycles. The number of aryl methyl sites for hydroxylation is 2. The normalized spacial score (nSPS) is 13.8. The van der Waals surface area contributed by atoms with Crippen molar-refractivity contribution in [1.82, 2.24) is 14.1 Å². The minimum absolute atomic E-state index is 0. The van der Waals surface area contributed by atoms with E-state index >= 15 is 0 Å². The van der Waals surface area contributed by atoms with Gasteiger partial charge in [0, 0.05) is 52.5 Å². The molecule has 0 saturated heterocycles. The number of hydrogen-bond donors (Lipinski definition) is 0. The monoisotopic (exact) mass is 1230 g/mol. The summed E-state index contributed by atoms with van der Waals surface area (Å²) in [6, 6.07) is 68.3. The van der Waals surface area contributed by atoms with Crippen LogP contribution in [0.3, 0.4) is 0 Å². The van der Waals surface area contributed by atoms with Gasteiger partial charge in [-0.15, -0.1) is 29.7 Å². The molecule has 6 heteroatoms. The van der Waals surface area contributed by atoms with Crippen LogP contribution in [0, 0.1) is 32.2 Å². The smallest absolute Gasteiger partial charge is 0.268 e. The van der Waals surface area contributed by atoms with Crippen LogP contribution in [0.15, 0.2) is 188 Å². The van der Waals surface area contributed by atoms with Crippen LogP contribution in [0.4, 0.5) is 0 Å². The maximum Gasteiger partial charge on any atom is 0.268 e. The third-order valence-corrected chi connectivity index (χ3v) is 15.7. The molecule has 0 spiro atoms. The van der Waals surface area contributed by atoms with Crippen LogP contribution in [-0.4, -0.2) is 14.1 Å². The van der Waals surface area contributed by atoms with Crippen molar-refractivity contribution in [2.75, 3.05) is 0 Å². The molecule has 0 unspecified atom stereocenters. The fourth-order valence-corrected chi connectivity index (χ4v) is 11.5. The summed E-state index contributed by atoms with van der Waals surface area (Å²) >= 11 is 0. The molecule has 1 aliphatic heterocycles. The topological polar surface area (TPSA) is 35.9 Å². The Hall–Kier alpha value is -8.11. The molecule has 3 aromatic heterocycles. The molecule has 13 rings (SSSR count). The van der Waals surface area contributed by atoms with Gasteiger partial charge in [0.2, 0.25) is 0 Å². The third-order valence-electron chi connectivity index (χ3n) is 15.7. The molecule has 398 valence electrons. The fraction of sp³-hybridized carbons (Fsp3) is 0.189. The van der Waals surface area contributed by atoms with Gasteiger partial charge in [-0.1, -0.05) is 195 Å². The van der Waals surface area contributed by atoms with Gasteiger partial charge < -0.3 is 13.9 Å². The zero-order chi connectivity index (χ0) is 59.7. The van der Waals surface area contributed by atoms with Crippen molar-refractivity contribution in [3.8, 4) is 84.3 Å². The van der Waals surface area contributed by atoms with Crippen LogP contribution in [0.25, 0.3) is 106 Å². The molecular formula is C74H64N4OPt-2. The number of para-hydroxylation sites is 3. The van der Waals surface area contributed by atoms with Crippen molar-refractivity contribution >= 4 is 32.8 Å². The Balaban J connectivity index is 0.00000724. The molecule has 4 heterocycles. The van der Waals surface area contributed by atoms with Gasteiger partial charge in [0.25, 0.3) is 6.33 Å². The molecule has 5 nitrogen and oxygen atoms in total. The first-order valence-corrected chi connectivity index (χ1v) is 27.1. The molecule has 0 fully saturated rings. The predicted octanol–water partition coefficient (Wildman–Crippen LogP) is 18.7. The van der Waals surface area contributed by atoms with E-state index in [-0.39, 0.29) is 54.0 Å². The van der Waals surface area contributed by atoms with Gasteiger partial charge in [0.05, 0.1) is 16.7 Å². The van der Waals surface area contributed by atoms with Gasteiger partial charge in [-0.3, -0.25) is 4.57 Å². The van der Waals surface area contributed by atoms with E-state index < -0.39 is 13.7 Å². The number of aromatic nitrogens is 4. The van der Waals surface area contributed by atoms with E-state index in [4.69, 9.17) is 17.9 Å². The number of rotatable bonds is 6. The van der Waals surface area contributed by atoms with Crippen LogP contribution >= 0.6 is 0 Å². The van der Waals surface area contributed by atoms with Crippen LogP contribution in [-0.2, 0) is 37.3 Å². The Morgan fingerprint density at radius 1 is 0.487 bits per heavy atom. The molecule has 0 bridgehead atoms. The quantitative estimate of drug-likeness (QED) is 0.123. The number of pyridine rings is 1. The number of hydrogen-bond acceptors (Lipinski definition) is 2. The standard InChI is InChI=1S/C74H64N4O.Pt/c1-46-20-16-21-47(2)69(46)48-32-34-59-57-24-12-13-25-58(57)62-29-19-31-66-71(62)77(70-56(27-18-28-63(70)64(59)40-48)49-38-51(73(6,7)8)41-52(39-49)74(9,10)11)45-76(66)53-22-17-23-54(43-53)79-55-33-35-61-60-26-14-15-30-65(60)78(67(61)44-55)68-42-50(36-37-75-68)72(3,4)5;/h12-42H,1-11H3;/q-2;/i1D3,2D3;. The minimum Gasteiger partial charge on any atom is -0.510 e. The number of ether oxygens (including phenoxy) is 1. The second kappa shape index (κ2) is 19.6. The first kappa shape index (κ1) is 45.7. The van der Waals surface area contributed by atoms with E-state index in [1.807, 2.05) is 65.4 Å². The van der Waals surface area contributed by atoms with Crippen molar-refractivity contribution in [3.63, 3.8) is 0 Å². The van der Waals surface area contributed by atoms with E-state index in [2.05, 4.69) is 199 Å². The summed E-state index contributed by atoms with van der Waals surface area (Å²) in [4.78, 5) is 4.89. The number of fused-ring (bicyclic) bond motifs is 10. The number of nitrogens with zero attached hydrogens (tertiary/aromatic N) is 4. The van der Waals surface area contributed by atoms with E-state index in [0.29, 0.717) is 22.7 Å². The fourth-order valence-electron chi connectivity index (χ4n) is 11.5. The maximum atomic E-state index is 8.72. The van der Waals surface area contributed by atoms with Gasteiger partial charge in [-0.25, -0.2) is 4.98 Å². The van der Waals surface area contributed by atoms with Gasteiger partial charge in [-0.2, -0.15) is 18.2 Å². The molecule has 0 amide bonds. The zero-order valence-corrected chi connectivity index (χ0v) is 48.7. The zero-order valence-electron chi connectivity index (χ0n) is 52.4. The van der Waals surface area contributed by atoms with Crippen LogP contribution in [0.1, 0.15) is 98.4 Å². The van der Waals surface area contributed by atoms with Crippen molar-refractivity contribution in [2.45, 2.75) is 92.3 Å². The second-order valence-electron chi connectivity index (χ2n) is 24.1. The first-order valence-electron chi connectivity index (χ1n) is 30.1. The third kappa shape index (κ3) is 9.01. The number of imidazole rings is 1. The Morgan fingerprint density at radius 2 is 1.10 bits per heavy atom. The average Bonchev–Trinajstić information content (AvgIpc) is 1.54. The predicted molar refractivity (Wildman–Crippen MR) is 326 cm³/mol. The van der Waals surface area contributed by atoms with Gasteiger partial charge >= 0.3 is 0 Å². The Kier molecular flexibility index (Phi) is 11.2. The Bertz CT molecular complexity index is 4620. The summed E-state index contributed by atoms with van der Waals surface area (Å²) in [5, 5.41) is 2.12. The second-order valence-corrected chi connectivity index (χ2v) is 24.1. The van der Waals surface area contributed by atoms with Crippen molar-refractivity contribution in [3.05, 3.63) is 234 Å². The van der Waals surface area contributed by atoms with E-state index in [1.54, 1.807) is 0 Å². The molecule has 0 N–H and O–H groups in total. The summed E-state index contributed by atoms with van der Waals surface area (Å²) < 4.78 is 65.5. The summed E-state index contributed by atoms with van der Waals surface area (Å²) in [7, 11) is 0. The van der Waals surface area contributed by atoms with E-state index in [1.165, 1.54) is 34.9 Å². The molecule has 0 atom stereocenters. The van der Waals surface area contributed by atoms with Gasteiger partial charge in [0.15, 0.2) is 0 Å². The van der Waals surface area contributed by atoms with Crippen molar-refractivity contribution in [1.29, 1.82) is 0 Å². The summed E-state index contributed by atoms with van der Waals surface area (Å²) in [5.41, 5.74) is 16.2. The summed E-state index contributed by atoms with van der Waals surface area (Å²) in [6.45, 7) is 14.9. The maximum absolute atomic E-state index is 8.72. The van der Waals surface area contributed by atoms with Crippen molar-refractivity contribution in [2.24, 2.45) is 0 Å². The molecule has 0 radical (unpaired) electrons. The number of benzene rings is 9. The molecule has 0 saturated carbocycles. The summed E-state index contributed by atoms with van der Waals surface area (Å²) in [6.07, 6.45) is 5.79. The van der Waals surface area contributed by atoms with Gasteiger partial charge in [0.1, 0.15) is 5.82 Å². The van der Waals surface area contributed by atoms with Crippen LogP contribution < -0.4 is 9.30 Å². The molecular weight excluding hydrogens is 1160 g/mol. The Labute approximate surface area is 493 Å². The minimum atomic E-state index is -2.61. The molecule has 1 aliphatic rings. The molecule has 12 aromatic rings. The van der Waals surface area contributed by atoms with Crippen LogP contribution in [0.2, 0.25) is 0 Å². The summed E-state index contributed by atoms with van der Waals surface area (Å²) in [5.74, 6) is 1.81.